The van der Waals surface area contributed by atoms with Gasteiger partial charge in [-0.15, -0.1) is 0 Å². The van der Waals surface area contributed by atoms with Crippen LogP contribution in [0.25, 0.3) is 10.2 Å². The Labute approximate surface area is 172 Å². The fourth-order valence-electron chi connectivity index (χ4n) is 3.57. The molecule has 2 amide bonds. The Morgan fingerprint density at radius 3 is 2.59 bits per heavy atom. The van der Waals surface area contributed by atoms with Gasteiger partial charge >= 0.3 is 0 Å². The number of hydrogen-bond donors (Lipinski definition) is 1. The van der Waals surface area contributed by atoms with Crippen LogP contribution in [0, 0.1) is 11.7 Å². The number of rotatable bonds is 4. The average molecular weight is 412 g/mol. The molecule has 4 rings (SSSR count). The number of likely N-dealkylation sites (tertiary alicyclic amines) is 1. The van der Waals surface area contributed by atoms with E-state index in [1.165, 1.54) is 41.2 Å². The molecule has 0 saturated carbocycles. The van der Waals surface area contributed by atoms with Gasteiger partial charge < -0.3 is 10.2 Å². The molecule has 1 aliphatic heterocycles. The summed E-state index contributed by atoms with van der Waals surface area (Å²) in [5.41, 5.74) is 2.61. The highest BCUT2D eigenvalue weighted by Crippen LogP contribution is 2.28. The lowest BCUT2D eigenvalue weighted by atomic mass is 9.95. The van der Waals surface area contributed by atoms with Crippen LogP contribution >= 0.6 is 11.3 Å². The predicted octanol–water partition coefficient (Wildman–Crippen LogP) is 4.49. The second kappa shape index (κ2) is 8.29. The van der Waals surface area contributed by atoms with Gasteiger partial charge in [0.25, 0.3) is 5.91 Å². The Kier molecular flexibility index (Phi) is 5.58. The van der Waals surface area contributed by atoms with Gasteiger partial charge in [0.2, 0.25) is 5.91 Å². The number of amides is 2. The van der Waals surface area contributed by atoms with Crippen LogP contribution in [0.5, 0.6) is 0 Å². The second-order valence-corrected chi connectivity index (χ2v) is 8.27. The largest absolute Gasteiger partial charge is 0.339 e. The van der Waals surface area contributed by atoms with Gasteiger partial charge in [0.05, 0.1) is 10.2 Å². The summed E-state index contributed by atoms with van der Waals surface area (Å²) in [6, 6.07) is 11.7. The van der Waals surface area contributed by atoms with Crippen molar-refractivity contribution in [2.45, 2.75) is 26.2 Å². The van der Waals surface area contributed by atoms with Gasteiger partial charge in [-0.1, -0.05) is 24.3 Å². The fourth-order valence-corrected chi connectivity index (χ4v) is 4.50. The Morgan fingerprint density at radius 1 is 1.17 bits per heavy atom. The van der Waals surface area contributed by atoms with Crippen LogP contribution in [0.2, 0.25) is 0 Å². The van der Waals surface area contributed by atoms with Crippen LogP contribution in [0.15, 0.2) is 42.5 Å². The highest BCUT2D eigenvalue weighted by Gasteiger charge is 2.28. The Balaban J connectivity index is 1.35. The highest BCUT2D eigenvalue weighted by molar-refractivity contribution is 7.22. The number of anilines is 1. The zero-order valence-corrected chi connectivity index (χ0v) is 17.0. The molecule has 0 unspecified atom stereocenters. The molecule has 0 bridgehead atoms. The second-order valence-electron chi connectivity index (χ2n) is 7.24. The zero-order valence-electron chi connectivity index (χ0n) is 16.2. The summed E-state index contributed by atoms with van der Waals surface area (Å²) in [6.07, 6.45) is 2.16. The average Bonchev–Trinajstić information content (AvgIpc) is 3.15. The molecule has 1 aromatic heterocycles. The van der Waals surface area contributed by atoms with Crippen molar-refractivity contribution >= 4 is 38.5 Å². The fraction of sp³-hybridized carbons (Fsp3) is 0.318. The van der Waals surface area contributed by atoms with E-state index in [2.05, 4.69) is 29.4 Å². The van der Waals surface area contributed by atoms with Gasteiger partial charge in [-0.2, -0.15) is 0 Å². The molecular weight excluding hydrogens is 389 g/mol. The molecule has 5 nitrogen and oxygen atoms in total. The lowest BCUT2D eigenvalue weighted by Crippen LogP contribution is -2.41. The number of aryl methyl sites for hydroxylation is 1. The molecule has 2 aromatic carbocycles. The third-order valence-electron chi connectivity index (χ3n) is 5.34. The smallest absolute Gasteiger partial charge is 0.253 e. The van der Waals surface area contributed by atoms with Gasteiger partial charge in [0.15, 0.2) is 5.13 Å². The lowest BCUT2D eigenvalue weighted by Gasteiger charge is -2.31. The summed E-state index contributed by atoms with van der Waals surface area (Å²) in [5.74, 6) is -0.682. The van der Waals surface area contributed by atoms with Crippen molar-refractivity contribution in [1.29, 1.82) is 0 Å². The van der Waals surface area contributed by atoms with E-state index in [0.717, 1.165) is 16.6 Å². The molecule has 1 fully saturated rings. The summed E-state index contributed by atoms with van der Waals surface area (Å²) in [7, 11) is 0. The first-order valence-corrected chi connectivity index (χ1v) is 10.6. The minimum Gasteiger partial charge on any atom is -0.339 e. The number of benzene rings is 2. The number of aromatic nitrogens is 1. The van der Waals surface area contributed by atoms with Gasteiger partial charge in [-0.25, -0.2) is 9.37 Å². The molecule has 0 atom stereocenters. The molecule has 2 heterocycles. The summed E-state index contributed by atoms with van der Waals surface area (Å²) >= 11 is 1.48. The van der Waals surface area contributed by atoms with Crippen molar-refractivity contribution < 1.29 is 14.0 Å². The first-order valence-electron chi connectivity index (χ1n) is 9.78. The maximum Gasteiger partial charge on any atom is 0.253 e. The number of carbonyl (C=O) groups is 2. The van der Waals surface area contributed by atoms with E-state index in [4.69, 9.17) is 0 Å². The number of carbonyl (C=O) groups excluding carboxylic acids is 2. The summed E-state index contributed by atoms with van der Waals surface area (Å²) in [5, 5.41) is 3.56. The third-order valence-corrected chi connectivity index (χ3v) is 6.27. The number of thiazole rings is 1. The van der Waals surface area contributed by atoms with E-state index in [1.807, 2.05) is 6.07 Å². The van der Waals surface area contributed by atoms with Crippen LogP contribution in [0.1, 0.15) is 35.7 Å². The van der Waals surface area contributed by atoms with E-state index in [1.54, 1.807) is 4.90 Å². The maximum atomic E-state index is 13.0. The third kappa shape index (κ3) is 4.29. The van der Waals surface area contributed by atoms with Gasteiger partial charge in [0, 0.05) is 24.6 Å². The minimum atomic E-state index is -0.363. The van der Waals surface area contributed by atoms with Crippen LogP contribution in [0.4, 0.5) is 9.52 Å². The van der Waals surface area contributed by atoms with Crippen molar-refractivity contribution in [2.75, 3.05) is 18.4 Å². The molecule has 0 spiro atoms. The van der Waals surface area contributed by atoms with Gasteiger partial charge in [-0.3, -0.25) is 9.59 Å². The molecule has 1 N–H and O–H groups in total. The molecule has 29 heavy (non-hydrogen) atoms. The number of fused-ring (bicyclic) bond motifs is 1. The van der Waals surface area contributed by atoms with E-state index in [9.17, 15) is 14.0 Å². The molecule has 3 aromatic rings. The standard InChI is InChI=1S/C22H22FN3O2S/c1-2-14-3-8-18-19(13-14)29-22(24-18)25-20(27)15-9-11-26(12-10-15)21(28)16-4-6-17(23)7-5-16/h3-8,13,15H,2,9-12H2,1H3,(H,24,25,27). The van der Waals surface area contributed by atoms with Crippen molar-refractivity contribution in [3.8, 4) is 0 Å². The molecule has 7 heteroatoms. The topological polar surface area (TPSA) is 62.3 Å². The van der Waals surface area contributed by atoms with Gasteiger partial charge in [-0.05, 0) is 61.2 Å². The van der Waals surface area contributed by atoms with E-state index in [-0.39, 0.29) is 23.5 Å². The number of nitrogens with zero attached hydrogens (tertiary/aromatic N) is 2. The maximum absolute atomic E-state index is 13.0. The minimum absolute atomic E-state index is 0.0475. The van der Waals surface area contributed by atoms with E-state index < -0.39 is 0 Å². The van der Waals surface area contributed by atoms with Crippen molar-refractivity contribution in [3.05, 3.63) is 59.4 Å². The molecule has 0 radical (unpaired) electrons. The molecule has 1 saturated heterocycles. The number of piperidine rings is 1. The van der Waals surface area contributed by atoms with Crippen LogP contribution < -0.4 is 5.32 Å². The van der Waals surface area contributed by atoms with E-state index in [0.29, 0.717) is 36.6 Å². The molecule has 150 valence electrons. The molecular formula is C22H22FN3O2S. The van der Waals surface area contributed by atoms with Crippen LogP contribution in [-0.2, 0) is 11.2 Å². The van der Waals surface area contributed by atoms with E-state index >= 15 is 0 Å². The number of nitrogens with one attached hydrogen (secondary N) is 1. The first-order chi connectivity index (χ1) is 14.0. The highest BCUT2D eigenvalue weighted by atomic mass is 32.1. The summed E-state index contributed by atoms with van der Waals surface area (Å²) in [6.45, 7) is 3.13. The Hall–Kier alpha value is -2.80. The van der Waals surface area contributed by atoms with Crippen molar-refractivity contribution in [1.82, 2.24) is 9.88 Å². The lowest BCUT2D eigenvalue weighted by molar-refractivity contribution is -0.121. The van der Waals surface area contributed by atoms with Crippen molar-refractivity contribution in [2.24, 2.45) is 5.92 Å². The Bertz CT molecular complexity index is 1040. The first kappa shape index (κ1) is 19.5. The van der Waals surface area contributed by atoms with Crippen LogP contribution in [0.3, 0.4) is 0 Å². The normalized spacial score (nSPS) is 14.9. The zero-order chi connectivity index (χ0) is 20.4. The van der Waals surface area contributed by atoms with Gasteiger partial charge in [0.1, 0.15) is 5.82 Å². The Morgan fingerprint density at radius 2 is 1.90 bits per heavy atom. The summed E-state index contributed by atoms with van der Waals surface area (Å²) in [4.78, 5) is 31.4. The molecule has 0 aliphatic carbocycles. The SMILES string of the molecule is CCc1ccc2nc(NC(=O)C3CCN(C(=O)c4ccc(F)cc4)CC3)sc2c1. The summed E-state index contributed by atoms with van der Waals surface area (Å²) < 4.78 is 14.1. The van der Waals surface area contributed by atoms with Crippen molar-refractivity contribution in [3.63, 3.8) is 0 Å². The number of hydrogen-bond acceptors (Lipinski definition) is 4. The molecule has 1 aliphatic rings. The number of halogens is 1. The monoisotopic (exact) mass is 411 g/mol. The quantitative estimate of drug-likeness (QED) is 0.688. The van der Waals surface area contributed by atoms with Crippen LogP contribution in [-0.4, -0.2) is 34.8 Å². The predicted molar refractivity (Wildman–Crippen MR) is 113 cm³/mol.